The third-order valence-corrected chi connectivity index (χ3v) is 3.85. The smallest absolute Gasteiger partial charge is 0.276 e. The number of hydrogen-bond acceptors (Lipinski definition) is 5. The van der Waals surface area contributed by atoms with E-state index in [0.717, 1.165) is 19.4 Å². The molecule has 6 heteroatoms. The lowest BCUT2D eigenvalue weighted by Gasteiger charge is -2.42. The summed E-state index contributed by atoms with van der Waals surface area (Å²) >= 11 is 0. The molecule has 1 amide bonds. The van der Waals surface area contributed by atoms with Crippen molar-refractivity contribution in [1.82, 2.24) is 15.0 Å². The molecule has 1 aromatic rings. The highest BCUT2D eigenvalue weighted by molar-refractivity contribution is 5.92. The first-order chi connectivity index (χ1) is 9.46. The summed E-state index contributed by atoms with van der Waals surface area (Å²) in [6, 6.07) is 1.68. The minimum Gasteiger partial charge on any atom is -0.377 e. The van der Waals surface area contributed by atoms with Gasteiger partial charge in [0.05, 0.1) is 5.60 Å². The molecule has 6 nitrogen and oxygen atoms in total. The van der Waals surface area contributed by atoms with Crippen molar-refractivity contribution in [1.29, 1.82) is 0 Å². The molecule has 1 aliphatic rings. The number of amides is 1. The van der Waals surface area contributed by atoms with Gasteiger partial charge in [0.15, 0.2) is 5.69 Å². The number of likely N-dealkylation sites (tertiary alicyclic amines) is 1. The summed E-state index contributed by atoms with van der Waals surface area (Å²) in [7, 11) is 5.83. The van der Waals surface area contributed by atoms with Crippen molar-refractivity contribution in [3.63, 3.8) is 0 Å². The van der Waals surface area contributed by atoms with Gasteiger partial charge in [0, 0.05) is 32.8 Å². The highest BCUT2D eigenvalue weighted by atomic mass is 16.5. The Bertz CT molecular complexity index is 462. The molecule has 2 heterocycles. The molecular weight excluding hydrogens is 258 g/mol. The Balaban J connectivity index is 1.98. The van der Waals surface area contributed by atoms with Crippen LogP contribution in [0.25, 0.3) is 0 Å². The molecule has 0 unspecified atom stereocenters. The number of carbonyl (C=O) groups excluding carboxylic acids is 1. The van der Waals surface area contributed by atoms with Gasteiger partial charge in [-0.05, 0) is 33.9 Å². The number of methoxy groups -OCH3 is 1. The number of aromatic nitrogens is 1. The van der Waals surface area contributed by atoms with Crippen LogP contribution in [-0.4, -0.2) is 67.3 Å². The van der Waals surface area contributed by atoms with Crippen LogP contribution in [0.3, 0.4) is 0 Å². The zero-order valence-corrected chi connectivity index (χ0v) is 12.7. The van der Waals surface area contributed by atoms with Crippen LogP contribution in [0.1, 0.15) is 29.1 Å². The van der Waals surface area contributed by atoms with Gasteiger partial charge in [-0.2, -0.15) is 0 Å². The van der Waals surface area contributed by atoms with E-state index in [2.05, 4.69) is 10.1 Å². The molecule has 1 fully saturated rings. The molecule has 2 rings (SSSR count). The molecular formula is C14H23N3O3. The summed E-state index contributed by atoms with van der Waals surface area (Å²) in [5.74, 6) is 0.598. The van der Waals surface area contributed by atoms with E-state index in [1.807, 2.05) is 19.0 Å². The second-order valence-corrected chi connectivity index (χ2v) is 5.74. The molecule has 1 aromatic heterocycles. The van der Waals surface area contributed by atoms with Gasteiger partial charge in [-0.15, -0.1) is 0 Å². The maximum Gasteiger partial charge on any atom is 0.276 e. The van der Waals surface area contributed by atoms with E-state index >= 15 is 0 Å². The normalized spacial score (nSPS) is 18.6. The number of hydrogen-bond donors (Lipinski definition) is 0. The first-order valence-electron chi connectivity index (χ1n) is 6.88. The minimum absolute atomic E-state index is 0.0589. The number of carbonyl (C=O) groups is 1. The Labute approximate surface area is 119 Å². The fourth-order valence-corrected chi connectivity index (χ4v) is 2.75. The third-order valence-electron chi connectivity index (χ3n) is 3.85. The Hall–Kier alpha value is -1.40. The van der Waals surface area contributed by atoms with Crippen molar-refractivity contribution in [2.24, 2.45) is 0 Å². The molecule has 0 bridgehead atoms. The Kier molecular flexibility index (Phi) is 4.45. The second kappa shape index (κ2) is 5.93. The summed E-state index contributed by atoms with van der Waals surface area (Å²) in [6.07, 6.45) is 1.68. The number of likely N-dealkylation sites (N-methyl/N-ethyl adjacent to an activating group) is 1. The van der Waals surface area contributed by atoms with Crippen LogP contribution in [-0.2, 0) is 4.74 Å². The van der Waals surface area contributed by atoms with Crippen molar-refractivity contribution in [2.45, 2.75) is 25.4 Å². The fraction of sp³-hybridized carbons (Fsp3) is 0.714. The lowest BCUT2D eigenvalue weighted by molar-refractivity contribution is -0.0655. The zero-order chi connectivity index (χ0) is 14.8. The second-order valence-electron chi connectivity index (χ2n) is 5.74. The van der Waals surface area contributed by atoms with Crippen LogP contribution in [0.2, 0.25) is 0 Å². The molecule has 1 aliphatic heterocycles. The average Bonchev–Trinajstić information content (AvgIpc) is 2.85. The predicted molar refractivity (Wildman–Crippen MR) is 74.7 cm³/mol. The number of rotatable bonds is 4. The Morgan fingerprint density at radius 3 is 2.60 bits per heavy atom. The topological polar surface area (TPSA) is 58.8 Å². The van der Waals surface area contributed by atoms with Crippen molar-refractivity contribution in [3.05, 3.63) is 17.5 Å². The van der Waals surface area contributed by atoms with Crippen LogP contribution >= 0.6 is 0 Å². The van der Waals surface area contributed by atoms with Gasteiger partial charge in [0.25, 0.3) is 5.91 Å². The van der Waals surface area contributed by atoms with Crippen LogP contribution in [0.4, 0.5) is 0 Å². The fourth-order valence-electron chi connectivity index (χ4n) is 2.75. The zero-order valence-electron chi connectivity index (χ0n) is 12.7. The van der Waals surface area contributed by atoms with Gasteiger partial charge in [-0.25, -0.2) is 0 Å². The summed E-state index contributed by atoms with van der Waals surface area (Å²) < 4.78 is 10.7. The van der Waals surface area contributed by atoms with E-state index in [4.69, 9.17) is 9.26 Å². The van der Waals surface area contributed by atoms with E-state index in [9.17, 15) is 4.79 Å². The maximum absolute atomic E-state index is 12.3. The van der Waals surface area contributed by atoms with Gasteiger partial charge in [-0.1, -0.05) is 5.16 Å². The monoisotopic (exact) mass is 281 g/mol. The highest BCUT2D eigenvalue weighted by Gasteiger charge is 2.37. The maximum atomic E-state index is 12.3. The Morgan fingerprint density at radius 1 is 1.50 bits per heavy atom. The van der Waals surface area contributed by atoms with Crippen molar-refractivity contribution in [2.75, 3.05) is 40.8 Å². The van der Waals surface area contributed by atoms with E-state index in [0.29, 0.717) is 24.5 Å². The van der Waals surface area contributed by atoms with Crippen molar-refractivity contribution >= 4 is 5.91 Å². The molecule has 0 spiro atoms. The first kappa shape index (κ1) is 15.0. The van der Waals surface area contributed by atoms with Crippen LogP contribution in [0.15, 0.2) is 10.6 Å². The lowest BCUT2D eigenvalue weighted by atomic mass is 9.90. The number of aryl methyl sites for hydroxylation is 1. The summed E-state index contributed by atoms with van der Waals surface area (Å²) in [5, 5.41) is 3.79. The molecule has 0 saturated carbocycles. The summed E-state index contributed by atoms with van der Waals surface area (Å²) in [6.45, 7) is 4.03. The quantitative estimate of drug-likeness (QED) is 0.829. The van der Waals surface area contributed by atoms with E-state index in [-0.39, 0.29) is 11.5 Å². The molecule has 0 radical (unpaired) electrons. The standard InChI is InChI=1S/C14H23N3O3/c1-11-9-12(15-20-11)13(18)17-7-5-14(19-4,6-8-17)10-16(2)3/h9H,5-8,10H2,1-4H3. The SMILES string of the molecule is COC1(CN(C)C)CCN(C(=O)c2cc(C)on2)CC1. The summed E-state index contributed by atoms with van der Waals surface area (Å²) in [5.41, 5.74) is 0.236. The van der Waals surface area contributed by atoms with Crippen LogP contribution in [0.5, 0.6) is 0 Å². The van der Waals surface area contributed by atoms with Gasteiger partial charge < -0.3 is 19.1 Å². The van der Waals surface area contributed by atoms with Gasteiger partial charge in [0.1, 0.15) is 5.76 Å². The number of piperidine rings is 1. The lowest BCUT2D eigenvalue weighted by Crippen LogP contribution is -2.52. The number of nitrogens with zero attached hydrogens (tertiary/aromatic N) is 3. The first-order valence-corrected chi connectivity index (χ1v) is 6.88. The predicted octanol–water partition coefficient (Wildman–Crippen LogP) is 1.17. The molecule has 0 atom stereocenters. The molecule has 1 saturated heterocycles. The van der Waals surface area contributed by atoms with E-state index in [1.54, 1.807) is 20.1 Å². The molecule has 0 aromatic carbocycles. The van der Waals surface area contributed by atoms with Crippen LogP contribution in [0, 0.1) is 6.92 Å². The molecule has 0 N–H and O–H groups in total. The van der Waals surface area contributed by atoms with Crippen molar-refractivity contribution in [3.8, 4) is 0 Å². The molecule has 112 valence electrons. The van der Waals surface area contributed by atoms with E-state index in [1.165, 1.54) is 0 Å². The third kappa shape index (κ3) is 3.19. The van der Waals surface area contributed by atoms with E-state index < -0.39 is 0 Å². The molecule has 20 heavy (non-hydrogen) atoms. The Morgan fingerprint density at radius 2 is 2.15 bits per heavy atom. The number of ether oxygens (including phenoxy) is 1. The largest absolute Gasteiger partial charge is 0.377 e. The van der Waals surface area contributed by atoms with Crippen molar-refractivity contribution < 1.29 is 14.1 Å². The highest BCUT2D eigenvalue weighted by Crippen LogP contribution is 2.27. The summed E-state index contributed by atoms with van der Waals surface area (Å²) in [4.78, 5) is 16.2. The molecule has 0 aliphatic carbocycles. The van der Waals surface area contributed by atoms with Gasteiger partial charge >= 0.3 is 0 Å². The van der Waals surface area contributed by atoms with Crippen LogP contribution < -0.4 is 0 Å². The average molecular weight is 281 g/mol. The minimum atomic E-state index is -0.153. The van der Waals surface area contributed by atoms with Gasteiger partial charge in [-0.3, -0.25) is 4.79 Å². The van der Waals surface area contributed by atoms with Gasteiger partial charge in [0.2, 0.25) is 0 Å².